The lowest BCUT2D eigenvalue weighted by Gasteiger charge is -2.24. The molecule has 0 unspecified atom stereocenters. The largest absolute Gasteiger partial charge is 0.370 e. The summed E-state index contributed by atoms with van der Waals surface area (Å²) in [7, 11) is 0. The minimum absolute atomic E-state index is 0.0773. The van der Waals surface area contributed by atoms with Crippen LogP contribution in [0.4, 0.5) is 0 Å². The van der Waals surface area contributed by atoms with Crippen LogP contribution >= 0.6 is 11.8 Å². The Bertz CT molecular complexity index is 773. The predicted octanol–water partition coefficient (Wildman–Crippen LogP) is 2.13. The second kappa shape index (κ2) is 9.93. The summed E-state index contributed by atoms with van der Waals surface area (Å²) in [5, 5.41) is 3.08. The van der Waals surface area contributed by atoms with Crippen LogP contribution in [0.1, 0.15) is 22.3 Å². The molecule has 0 radical (unpaired) electrons. The zero-order valence-corrected chi connectivity index (χ0v) is 17.0. The fourth-order valence-corrected chi connectivity index (χ4v) is 4.20. The fraction of sp³-hybridized carbons (Fsp3) is 0.409. The molecule has 1 heterocycles. The molecule has 5 heteroatoms. The van der Waals surface area contributed by atoms with Crippen LogP contribution in [-0.4, -0.2) is 38.0 Å². The van der Waals surface area contributed by atoms with Crippen molar-refractivity contribution >= 4 is 17.7 Å². The number of carbonyl (C=O) groups excluding carboxylic acids is 1. The van der Waals surface area contributed by atoms with Crippen molar-refractivity contribution in [2.45, 2.75) is 31.8 Å². The first-order chi connectivity index (χ1) is 13.1. The average Bonchev–Trinajstić information content (AvgIpc) is 2.67. The van der Waals surface area contributed by atoms with Gasteiger partial charge in [0.2, 0.25) is 5.91 Å². The molecule has 0 atom stereocenters. The maximum Gasteiger partial charge on any atom is 0.230 e. The van der Waals surface area contributed by atoms with Crippen LogP contribution in [0.2, 0.25) is 0 Å². The normalized spacial score (nSPS) is 14.9. The Labute approximate surface area is 166 Å². The molecule has 3 rings (SSSR count). The molecule has 2 aromatic carbocycles. The molecule has 1 amide bonds. The lowest BCUT2D eigenvalue weighted by molar-refractivity contribution is -0.921. The first-order valence-electron chi connectivity index (χ1n) is 9.56. The Balaban J connectivity index is 1.51. The van der Waals surface area contributed by atoms with Gasteiger partial charge in [-0.3, -0.25) is 4.79 Å². The van der Waals surface area contributed by atoms with Crippen molar-refractivity contribution in [3.63, 3.8) is 0 Å². The third kappa shape index (κ3) is 6.09. The number of thioether (sulfide) groups is 1. The number of ether oxygens (including phenoxy) is 1. The van der Waals surface area contributed by atoms with E-state index in [1.165, 1.54) is 27.1 Å². The van der Waals surface area contributed by atoms with Gasteiger partial charge in [0.15, 0.2) is 0 Å². The molecule has 0 bridgehead atoms. The highest BCUT2D eigenvalue weighted by Gasteiger charge is 2.16. The van der Waals surface area contributed by atoms with Crippen molar-refractivity contribution in [1.29, 1.82) is 0 Å². The standard InChI is InChI=1S/C22H28N2O2S/c1-17-7-8-21(18(2)13-17)27-16-22(25)23-14-19-5-3-4-6-20(19)15-24-9-11-26-12-10-24/h3-8,13H,9-12,14-16H2,1-2H3,(H,23,25)/p+1. The number of aryl methyl sites for hydroxylation is 2. The Kier molecular flexibility index (Phi) is 7.33. The predicted molar refractivity (Wildman–Crippen MR) is 110 cm³/mol. The molecule has 0 saturated carbocycles. The van der Waals surface area contributed by atoms with Gasteiger partial charge in [-0.1, -0.05) is 42.0 Å². The average molecular weight is 386 g/mol. The molecule has 1 aliphatic rings. The van der Waals surface area contributed by atoms with Gasteiger partial charge >= 0.3 is 0 Å². The Morgan fingerprint density at radius 3 is 2.59 bits per heavy atom. The lowest BCUT2D eigenvalue weighted by Crippen LogP contribution is -3.12. The fourth-order valence-electron chi connectivity index (χ4n) is 3.36. The maximum atomic E-state index is 12.3. The molecule has 144 valence electrons. The SMILES string of the molecule is Cc1ccc(SCC(=O)NCc2ccccc2C[NH+]2CCOCC2)c(C)c1. The van der Waals surface area contributed by atoms with Crippen LogP contribution in [0.25, 0.3) is 0 Å². The molecule has 2 N–H and O–H groups in total. The smallest absolute Gasteiger partial charge is 0.230 e. The third-order valence-corrected chi connectivity index (χ3v) is 6.10. The van der Waals surface area contributed by atoms with Crippen LogP contribution in [0, 0.1) is 13.8 Å². The quantitative estimate of drug-likeness (QED) is 0.718. The molecule has 0 aromatic heterocycles. The van der Waals surface area contributed by atoms with Gasteiger partial charge in [0, 0.05) is 17.0 Å². The highest BCUT2D eigenvalue weighted by atomic mass is 32.2. The Hall–Kier alpha value is -1.82. The van der Waals surface area contributed by atoms with Gasteiger partial charge in [0.25, 0.3) is 0 Å². The summed E-state index contributed by atoms with van der Waals surface area (Å²) < 4.78 is 5.44. The summed E-state index contributed by atoms with van der Waals surface area (Å²) in [5.74, 6) is 0.523. The zero-order chi connectivity index (χ0) is 19.1. The van der Waals surface area contributed by atoms with Crippen molar-refractivity contribution in [3.8, 4) is 0 Å². The number of carbonyl (C=O) groups is 1. The monoisotopic (exact) mass is 385 g/mol. The first-order valence-corrected chi connectivity index (χ1v) is 10.6. The first kappa shape index (κ1) is 19.9. The van der Waals surface area contributed by atoms with Crippen molar-refractivity contribution in [2.75, 3.05) is 32.1 Å². The highest BCUT2D eigenvalue weighted by Crippen LogP contribution is 2.22. The van der Waals surface area contributed by atoms with Gasteiger partial charge in [-0.15, -0.1) is 11.8 Å². The molecule has 1 saturated heterocycles. The third-order valence-electron chi connectivity index (χ3n) is 4.92. The van der Waals surface area contributed by atoms with Gasteiger partial charge in [-0.2, -0.15) is 0 Å². The van der Waals surface area contributed by atoms with Gasteiger partial charge < -0.3 is 15.0 Å². The van der Waals surface area contributed by atoms with Crippen LogP contribution in [0.5, 0.6) is 0 Å². The number of rotatable bonds is 7. The molecule has 0 aliphatic carbocycles. The summed E-state index contributed by atoms with van der Waals surface area (Å²) in [5.41, 5.74) is 5.00. The van der Waals surface area contributed by atoms with Crippen LogP contribution in [0.3, 0.4) is 0 Å². The topological polar surface area (TPSA) is 42.8 Å². The number of morpholine rings is 1. The van der Waals surface area contributed by atoms with Gasteiger partial charge in [-0.25, -0.2) is 0 Å². The molecule has 27 heavy (non-hydrogen) atoms. The van der Waals surface area contributed by atoms with Crippen molar-refractivity contribution < 1.29 is 14.4 Å². The van der Waals surface area contributed by atoms with E-state index in [4.69, 9.17) is 4.74 Å². The molecule has 1 fully saturated rings. The van der Waals surface area contributed by atoms with E-state index < -0.39 is 0 Å². The van der Waals surface area contributed by atoms with E-state index in [2.05, 4.69) is 55.6 Å². The summed E-state index contributed by atoms with van der Waals surface area (Å²) >= 11 is 1.60. The Morgan fingerprint density at radius 1 is 1.11 bits per heavy atom. The number of hydrogen-bond acceptors (Lipinski definition) is 3. The number of hydrogen-bond donors (Lipinski definition) is 2. The minimum Gasteiger partial charge on any atom is -0.370 e. The molecule has 2 aromatic rings. The second-order valence-corrected chi connectivity index (χ2v) is 8.16. The summed E-state index contributed by atoms with van der Waals surface area (Å²) in [6.07, 6.45) is 0. The van der Waals surface area contributed by atoms with E-state index in [1.807, 2.05) is 6.07 Å². The number of benzene rings is 2. The number of quaternary nitrogens is 1. The van der Waals surface area contributed by atoms with E-state index in [0.29, 0.717) is 12.3 Å². The molecule has 0 spiro atoms. The summed E-state index contributed by atoms with van der Waals surface area (Å²) in [4.78, 5) is 15.0. The van der Waals surface area contributed by atoms with E-state index >= 15 is 0 Å². The van der Waals surface area contributed by atoms with E-state index in [1.54, 1.807) is 16.7 Å². The zero-order valence-electron chi connectivity index (χ0n) is 16.2. The van der Waals surface area contributed by atoms with Crippen LogP contribution in [-0.2, 0) is 22.6 Å². The van der Waals surface area contributed by atoms with Gasteiger partial charge in [-0.05, 0) is 31.0 Å². The lowest BCUT2D eigenvalue weighted by atomic mass is 10.1. The van der Waals surface area contributed by atoms with Gasteiger partial charge in [0.1, 0.15) is 19.6 Å². The minimum atomic E-state index is 0.0773. The molecular formula is C22H29N2O2S+. The van der Waals surface area contributed by atoms with E-state index in [9.17, 15) is 4.79 Å². The van der Waals surface area contributed by atoms with Gasteiger partial charge in [0.05, 0.1) is 19.0 Å². The summed E-state index contributed by atoms with van der Waals surface area (Å²) in [6.45, 7) is 9.54. The molecule has 1 aliphatic heterocycles. The number of amides is 1. The summed E-state index contributed by atoms with van der Waals surface area (Å²) in [6, 6.07) is 14.8. The van der Waals surface area contributed by atoms with E-state index in [0.717, 1.165) is 32.8 Å². The van der Waals surface area contributed by atoms with Crippen molar-refractivity contribution in [2.24, 2.45) is 0 Å². The van der Waals surface area contributed by atoms with E-state index in [-0.39, 0.29) is 5.91 Å². The van der Waals surface area contributed by atoms with Crippen LogP contribution < -0.4 is 10.2 Å². The second-order valence-electron chi connectivity index (χ2n) is 7.14. The van der Waals surface area contributed by atoms with Crippen molar-refractivity contribution in [1.82, 2.24) is 5.32 Å². The maximum absolute atomic E-state index is 12.3. The Morgan fingerprint density at radius 2 is 1.85 bits per heavy atom. The highest BCUT2D eigenvalue weighted by molar-refractivity contribution is 8.00. The van der Waals surface area contributed by atoms with Crippen LogP contribution in [0.15, 0.2) is 47.4 Å². The number of nitrogens with one attached hydrogen (secondary N) is 2. The van der Waals surface area contributed by atoms with Crippen molar-refractivity contribution in [3.05, 3.63) is 64.7 Å². The molecular weight excluding hydrogens is 356 g/mol. The molecule has 4 nitrogen and oxygen atoms in total.